The van der Waals surface area contributed by atoms with Crippen LogP contribution < -0.4 is 9.64 Å². The van der Waals surface area contributed by atoms with Gasteiger partial charge in [0.05, 0.1) is 5.56 Å². The van der Waals surface area contributed by atoms with Crippen LogP contribution in [-0.2, 0) is 0 Å². The predicted octanol–water partition coefficient (Wildman–Crippen LogP) is 2.99. The van der Waals surface area contributed by atoms with Crippen LogP contribution in [0.1, 0.15) is 15.9 Å². The predicted molar refractivity (Wildman–Crippen MR) is 69.9 cm³/mol. The van der Waals surface area contributed by atoms with Crippen LogP contribution in [0.4, 0.5) is 5.69 Å². The van der Waals surface area contributed by atoms with Crippen LogP contribution in [0.2, 0.25) is 0 Å². The summed E-state index contributed by atoms with van der Waals surface area (Å²) < 4.78 is 5.65. The maximum Gasteiger partial charge on any atom is 0.264 e. The Bertz CT molecular complexity index is 593. The van der Waals surface area contributed by atoms with Gasteiger partial charge >= 0.3 is 0 Å². The molecule has 1 aliphatic rings. The fourth-order valence-electron chi connectivity index (χ4n) is 2.06. The van der Waals surface area contributed by atoms with Crippen molar-refractivity contribution in [2.45, 2.75) is 6.92 Å². The highest BCUT2D eigenvalue weighted by Crippen LogP contribution is 2.28. The Balaban J connectivity index is 2.00. The van der Waals surface area contributed by atoms with E-state index >= 15 is 0 Å². The van der Waals surface area contributed by atoms with Gasteiger partial charge < -0.3 is 4.74 Å². The minimum absolute atomic E-state index is 0.0116. The first kappa shape index (κ1) is 10.8. The van der Waals surface area contributed by atoms with Crippen molar-refractivity contribution in [2.75, 3.05) is 11.6 Å². The summed E-state index contributed by atoms with van der Waals surface area (Å²) in [5.74, 6) is 0.662. The standard InChI is InChI=1S/C15H13NO2/c1-11-7-8-13-14(9-11)18-10-16(15(13)17)12-5-3-2-4-6-12/h2-9H,10H2,1H3. The molecule has 0 aromatic heterocycles. The molecule has 0 fully saturated rings. The number of fused-ring (bicyclic) bond motifs is 1. The van der Waals surface area contributed by atoms with Crippen molar-refractivity contribution in [3.63, 3.8) is 0 Å². The highest BCUT2D eigenvalue weighted by atomic mass is 16.5. The third-order valence-electron chi connectivity index (χ3n) is 3.03. The Hall–Kier alpha value is -2.29. The van der Waals surface area contributed by atoms with Gasteiger partial charge in [-0.2, -0.15) is 0 Å². The summed E-state index contributed by atoms with van der Waals surface area (Å²) in [4.78, 5) is 14.0. The van der Waals surface area contributed by atoms with Gasteiger partial charge in [0.1, 0.15) is 5.75 Å². The number of aryl methyl sites for hydroxylation is 1. The lowest BCUT2D eigenvalue weighted by Crippen LogP contribution is -2.38. The van der Waals surface area contributed by atoms with Crippen molar-refractivity contribution in [3.05, 3.63) is 59.7 Å². The van der Waals surface area contributed by atoms with E-state index < -0.39 is 0 Å². The summed E-state index contributed by atoms with van der Waals surface area (Å²) in [5, 5.41) is 0. The van der Waals surface area contributed by atoms with Crippen LogP contribution in [0, 0.1) is 6.92 Å². The first-order valence-electron chi connectivity index (χ1n) is 5.86. The summed E-state index contributed by atoms with van der Waals surface area (Å²) in [6.07, 6.45) is 0. The summed E-state index contributed by atoms with van der Waals surface area (Å²) in [5.41, 5.74) is 2.57. The molecule has 0 aliphatic carbocycles. The third kappa shape index (κ3) is 1.74. The van der Waals surface area contributed by atoms with Gasteiger partial charge in [-0.3, -0.25) is 9.69 Å². The number of para-hydroxylation sites is 1. The number of nitrogens with zero attached hydrogens (tertiary/aromatic N) is 1. The van der Waals surface area contributed by atoms with Crippen molar-refractivity contribution in [2.24, 2.45) is 0 Å². The van der Waals surface area contributed by atoms with E-state index in [9.17, 15) is 4.79 Å². The molecule has 18 heavy (non-hydrogen) atoms. The number of ether oxygens (including phenoxy) is 1. The Morgan fingerprint density at radius 2 is 1.89 bits per heavy atom. The van der Waals surface area contributed by atoms with Crippen LogP contribution in [0.5, 0.6) is 5.75 Å². The molecule has 0 atom stereocenters. The zero-order valence-electron chi connectivity index (χ0n) is 10.1. The second-order valence-corrected chi connectivity index (χ2v) is 4.34. The molecule has 2 aromatic rings. The van der Waals surface area contributed by atoms with E-state index in [4.69, 9.17) is 4.74 Å². The molecule has 90 valence electrons. The summed E-state index contributed by atoms with van der Waals surface area (Å²) in [6.45, 7) is 2.25. The van der Waals surface area contributed by atoms with Gasteiger partial charge in [0.15, 0.2) is 6.73 Å². The molecule has 2 aromatic carbocycles. The van der Waals surface area contributed by atoms with Gasteiger partial charge in [0.25, 0.3) is 5.91 Å². The van der Waals surface area contributed by atoms with E-state index in [1.54, 1.807) is 4.90 Å². The van der Waals surface area contributed by atoms with Crippen molar-refractivity contribution in [3.8, 4) is 5.75 Å². The molecule has 3 rings (SSSR count). The summed E-state index contributed by atoms with van der Waals surface area (Å²) in [7, 11) is 0. The van der Waals surface area contributed by atoms with Gasteiger partial charge in [-0.15, -0.1) is 0 Å². The van der Waals surface area contributed by atoms with Crippen molar-refractivity contribution < 1.29 is 9.53 Å². The Morgan fingerprint density at radius 1 is 1.11 bits per heavy atom. The highest BCUT2D eigenvalue weighted by molar-refractivity contribution is 6.08. The topological polar surface area (TPSA) is 29.5 Å². The number of anilines is 1. The lowest BCUT2D eigenvalue weighted by atomic mass is 10.1. The van der Waals surface area contributed by atoms with Crippen LogP contribution in [0.15, 0.2) is 48.5 Å². The van der Waals surface area contributed by atoms with E-state index in [1.165, 1.54) is 0 Å². The zero-order valence-corrected chi connectivity index (χ0v) is 10.1. The molecular formula is C15H13NO2. The smallest absolute Gasteiger partial charge is 0.264 e. The van der Waals surface area contributed by atoms with Crippen LogP contribution in [0.3, 0.4) is 0 Å². The summed E-state index contributed by atoms with van der Waals surface area (Å²) >= 11 is 0. The number of amides is 1. The second kappa shape index (κ2) is 4.18. The molecule has 1 aliphatic heterocycles. The van der Waals surface area contributed by atoms with E-state index in [0.717, 1.165) is 11.3 Å². The van der Waals surface area contributed by atoms with Crippen molar-refractivity contribution in [1.82, 2.24) is 0 Å². The minimum atomic E-state index is -0.0116. The van der Waals surface area contributed by atoms with E-state index in [0.29, 0.717) is 11.3 Å². The number of rotatable bonds is 1. The molecule has 0 radical (unpaired) electrons. The quantitative estimate of drug-likeness (QED) is 0.765. The average Bonchev–Trinajstić information content (AvgIpc) is 2.40. The van der Waals surface area contributed by atoms with Gasteiger partial charge in [0, 0.05) is 5.69 Å². The molecule has 3 nitrogen and oxygen atoms in total. The van der Waals surface area contributed by atoms with Gasteiger partial charge in [-0.1, -0.05) is 24.3 Å². The number of benzene rings is 2. The molecule has 1 heterocycles. The highest BCUT2D eigenvalue weighted by Gasteiger charge is 2.26. The maximum atomic E-state index is 12.4. The van der Waals surface area contributed by atoms with E-state index in [-0.39, 0.29) is 12.6 Å². The van der Waals surface area contributed by atoms with Crippen LogP contribution in [0.25, 0.3) is 0 Å². The zero-order chi connectivity index (χ0) is 12.5. The fraction of sp³-hybridized carbons (Fsp3) is 0.133. The lowest BCUT2D eigenvalue weighted by Gasteiger charge is -2.28. The van der Waals surface area contributed by atoms with E-state index in [1.807, 2.05) is 55.5 Å². The van der Waals surface area contributed by atoms with Gasteiger partial charge in [-0.25, -0.2) is 0 Å². The maximum absolute atomic E-state index is 12.4. The van der Waals surface area contributed by atoms with Crippen molar-refractivity contribution in [1.29, 1.82) is 0 Å². The molecule has 0 N–H and O–H groups in total. The monoisotopic (exact) mass is 239 g/mol. The molecule has 0 unspecified atom stereocenters. The number of carbonyl (C=O) groups excluding carboxylic acids is 1. The van der Waals surface area contributed by atoms with Crippen LogP contribution >= 0.6 is 0 Å². The minimum Gasteiger partial charge on any atom is -0.472 e. The lowest BCUT2D eigenvalue weighted by molar-refractivity contribution is 0.0937. The normalized spacial score (nSPS) is 14.1. The Kier molecular flexibility index (Phi) is 2.52. The molecule has 0 bridgehead atoms. The number of hydrogen-bond acceptors (Lipinski definition) is 2. The van der Waals surface area contributed by atoms with E-state index in [2.05, 4.69) is 0 Å². The van der Waals surface area contributed by atoms with Crippen LogP contribution in [-0.4, -0.2) is 12.6 Å². The van der Waals surface area contributed by atoms with Crippen molar-refractivity contribution >= 4 is 11.6 Å². The molecule has 1 amide bonds. The largest absolute Gasteiger partial charge is 0.472 e. The molecule has 0 saturated heterocycles. The Morgan fingerprint density at radius 3 is 2.67 bits per heavy atom. The second-order valence-electron chi connectivity index (χ2n) is 4.34. The number of hydrogen-bond donors (Lipinski definition) is 0. The molecule has 0 spiro atoms. The average molecular weight is 239 g/mol. The number of carbonyl (C=O) groups is 1. The first-order valence-corrected chi connectivity index (χ1v) is 5.86. The summed E-state index contributed by atoms with van der Waals surface area (Å²) in [6, 6.07) is 15.2. The molecule has 0 saturated carbocycles. The fourth-order valence-corrected chi connectivity index (χ4v) is 2.06. The third-order valence-corrected chi connectivity index (χ3v) is 3.03. The molecule has 3 heteroatoms. The Labute approximate surface area is 106 Å². The molecular weight excluding hydrogens is 226 g/mol. The van der Waals surface area contributed by atoms with Gasteiger partial charge in [-0.05, 0) is 36.8 Å². The van der Waals surface area contributed by atoms with Gasteiger partial charge in [0.2, 0.25) is 0 Å². The SMILES string of the molecule is Cc1ccc2c(c1)OCN(c1ccccc1)C2=O. The first-order chi connectivity index (χ1) is 8.75.